The molecule has 1 saturated heterocycles. The fraction of sp³-hybridized carbons (Fsp3) is 0.333. The SMILES string of the molecule is O=C(O)COc1c(-[s+]2ccnc2N2CCOCC2)ccc(F)c1F. The van der Waals surface area contributed by atoms with Crippen molar-refractivity contribution in [2.24, 2.45) is 0 Å². The van der Waals surface area contributed by atoms with Crippen LogP contribution in [0.2, 0.25) is 0 Å². The summed E-state index contributed by atoms with van der Waals surface area (Å²) in [6.07, 6.45) is 1.61. The molecule has 0 spiro atoms. The molecule has 0 radical (unpaired) electrons. The second kappa shape index (κ2) is 7.10. The van der Waals surface area contributed by atoms with Crippen molar-refractivity contribution in [3.05, 3.63) is 35.3 Å². The molecule has 1 aliphatic rings. The van der Waals surface area contributed by atoms with E-state index in [0.29, 0.717) is 36.3 Å². The van der Waals surface area contributed by atoms with Crippen LogP contribution < -0.4 is 9.64 Å². The first-order chi connectivity index (χ1) is 11.6. The van der Waals surface area contributed by atoms with E-state index in [4.69, 9.17) is 14.6 Å². The van der Waals surface area contributed by atoms with Gasteiger partial charge >= 0.3 is 11.1 Å². The van der Waals surface area contributed by atoms with Gasteiger partial charge in [-0.25, -0.2) is 9.18 Å². The van der Waals surface area contributed by atoms with Crippen LogP contribution in [0, 0.1) is 11.6 Å². The molecule has 0 saturated carbocycles. The Hall–Kier alpha value is -2.26. The second-order valence-electron chi connectivity index (χ2n) is 5.01. The van der Waals surface area contributed by atoms with Crippen LogP contribution >= 0.6 is 10.5 Å². The molecule has 1 fully saturated rings. The Kier molecular flexibility index (Phi) is 4.91. The third kappa shape index (κ3) is 3.31. The van der Waals surface area contributed by atoms with Crippen LogP contribution in [0.4, 0.5) is 13.9 Å². The van der Waals surface area contributed by atoms with Gasteiger partial charge in [0, 0.05) is 19.2 Å². The smallest absolute Gasteiger partial charge is 0.348 e. The van der Waals surface area contributed by atoms with Crippen molar-refractivity contribution in [2.75, 3.05) is 37.8 Å². The van der Waals surface area contributed by atoms with E-state index in [0.717, 1.165) is 6.07 Å². The van der Waals surface area contributed by atoms with Gasteiger partial charge in [-0.05, 0) is 6.07 Å². The Labute approximate surface area is 139 Å². The maximum atomic E-state index is 14.1. The monoisotopic (exact) mass is 357 g/mol. The number of aliphatic carboxylic acids is 1. The number of carbonyl (C=O) groups is 1. The Morgan fingerprint density at radius 3 is 2.83 bits per heavy atom. The molecule has 1 aromatic heterocycles. The summed E-state index contributed by atoms with van der Waals surface area (Å²) in [4.78, 5) is 17.4. The Bertz CT molecular complexity index is 747. The second-order valence-corrected chi connectivity index (χ2v) is 6.76. The minimum absolute atomic E-state index is 0.370. The summed E-state index contributed by atoms with van der Waals surface area (Å²) >= 11 is 0. The van der Waals surface area contributed by atoms with E-state index in [1.54, 1.807) is 11.6 Å². The summed E-state index contributed by atoms with van der Waals surface area (Å²) in [5, 5.41) is 11.2. The molecule has 24 heavy (non-hydrogen) atoms. The fourth-order valence-electron chi connectivity index (χ4n) is 2.38. The predicted molar refractivity (Wildman–Crippen MR) is 84.1 cm³/mol. The lowest BCUT2D eigenvalue weighted by Gasteiger charge is -2.24. The summed E-state index contributed by atoms with van der Waals surface area (Å²) in [5.74, 6) is -3.93. The van der Waals surface area contributed by atoms with E-state index < -0.39 is 34.7 Å². The normalized spacial score (nSPS) is 15.4. The highest BCUT2D eigenvalue weighted by Crippen LogP contribution is 2.46. The highest BCUT2D eigenvalue weighted by Gasteiger charge is 2.31. The number of nitrogens with zero attached hydrogens (tertiary/aromatic N) is 2. The van der Waals surface area contributed by atoms with Crippen molar-refractivity contribution in [1.82, 2.24) is 4.98 Å². The number of ether oxygens (including phenoxy) is 2. The van der Waals surface area contributed by atoms with Gasteiger partial charge in [0.15, 0.2) is 17.8 Å². The van der Waals surface area contributed by atoms with E-state index in [9.17, 15) is 13.6 Å². The number of thiazole rings is 1. The standard InChI is InChI=1S/C15H14F2N2O4S/c16-10-1-2-11(14(13(10)17)23-9-12(20)21)24-8-3-18-15(24)19-4-6-22-7-5-19/h1-3,8H,4-7,9H2/p+1. The first-order valence-corrected chi connectivity index (χ1v) is 8.49. The molecule has 1 unspecified atom stereocenters. The zero-order chi connectivity index (χ0) is 17.1. The Balaban J connectivity index is 2.01. The van der Waals surface area contributed by atoms with Gasteiger partial charge in [0.1, 0.15) is 0 Å². The number of hydrogen-bond donors (Lipinski definition) is 1. The first kappa shape index (κ1) is 16.6. The number of hydrogen-bond acceptors (Lipinski definition) is 5. The molecular weight excluding hydrogens is 342 g/mol. The average molecular weight is 357 g/mol. The van der Waals surface area contributed by atoms with Crippen LogP contribution in [-0.4, -0.2) is 49.0 Å². The number of benzene rings is 1. The van der Waals surface area contributed by atoms with Gasteiger partial charge in [-0.3, -0.25) is 0 Å². The van der Waals surface area contributed by atoms with Crippen LogP contribution in [0.3, 0.4) is 0 Å². The number of carboxylic acids is 1. The van der Waals surface area contributed by atoms with E-state index in [2.05, 4.69) is 4.98 Å². The van der Waals surface area contributed by atoms with Gasteiger partial charge in [0.05, 0.1) is 29.9 Å². The summed E-state index contributed by atoms with van der Waals surface area (Å²) in [7, 11) is -0.756. The maximum absolute atomic E-state index is 14.1. The van der Waals surface area contributed by atoms with Crippen LogP contribution in [-0.2, 0) is 9.53 Å². The zero-order valence-corrected chi connectivity index (χ0v) is 13.4. The lowest BCUT2D eigenvalue weighted by Crippen LogP contribution is -2.36. The minimum Gasteiger partial charge on any atom is -0.479 e. The van der Waals surface area contributed by atoms with Crippen molar-refractivity contribution in [3.63, 3.8) is 0 Å². The minimum atomic E-state index is -1.27. The highest BCUT2D eigenvalue weighted by molar-refractivity contribution is 7.41. The molecule has 1 atom stereocenters. The zero-order valence-electron chi connectivity index (χ0n) is 12.6. The lowest BCUT2D eigenvalue weighted by molar-refractivity contribution is -0.139. The molecular formula is C15H15F2N2O4S+. The highest BCUT2D eigenvalue weighted by atomic mass is 32.2. The van der Waals surface area contributed by atoms with Crippen molar-refractivity contribution in [2.45, 2.75) is 0 Å². The number of rotatable bonds is 5. The lowest BCUT2D eigenvalue weighted by atomic mass is 10.3. The number of halogens is 2. The van der Waals surface area contributed by atoms with Crippen molar-refractivity contribution in [3.8, 4) is 10.6 Å². The van der Waals surface area contributed by atoms with Gasteiger partial charge in [-0.1, -0.05) is 0 Å². The maximum Gasteiger partial charge on any atom is 0.348 e. The number of anilines is 1. The van der Waals surface area contributed by atoms with Crippen molar-refractivity contribution in [1.29, 1.82) is 0 Å². The Morgan fingerprint density at radius 2 is 2.12 bits per heavy atom. The third-order valence-electron chi connectivity index (χ3n) is 3.45. The summed E-state index contributed by atoms with van der Waals surface area (Å²) in [6.45, 7) is 1.68. The van der Waals surface area contributed by atoms with Gasteiger partial charge in [-0.2, -0.15) is 9.37 Å². The largest absolute Gasteiger partial charge is 0.479 e. The van der Waals surface area contributed by atoms with Crippen LogP contribution in [0.1, 0.15) is 0 Å². The van der Waals surface area contributed by atoms with E-state index >= 15 is 0 Å². The number of carboxylic acid groups (broad SMARTS) is 1. The molecule has 128 valence electrons. The quantitative estimate of drug-likeness (QED) is 0.829. The van der Waals surface area contributed by atoms with Crippen LogP contribution in [0.5, 0.6) is 5.75 Å². The van der Waals surface area contributed by atoms with E-state index in [-0.39, 0.29) is 5.75 Å². The molecule has 6 nitrogen and oxygen atoms in total. The van der Waals surface area contributed by atoms with Gasteiger partial charge in [0.25, 0.3) is 0 Å². The molecule has 1 aromatic carbocycles. The van der Waals surface area contributed by atoms with Gasteiger partial charge in [0.2, 0.25) is 16.5 Å². The summed E-state index contributed by atoms with van der Waals surface area (Å²) < 4.78 is 38.0. The summed E-state index contributed by atoms with van der Waals surface area (Å²) in [6, 6.07) is 2.42. The van der Waals surface area contributed by atoms with Gasteiger partial charge < -0.3 is 19.5 Å². The van der Waals surface area contributed by atoms with Crippen molar-refractivity contribution < 1.29 is 28.2 Å². The van der Waals surface area contributed by atoms with E-state index in [1.807, 2.05) is 4.90 Å². The number of aromatic nitrogens is 1. The third-order valence-corrected chi connectivity index (χ3v) is 5.40. The topological polar surface area (TPSA) is 71.9 Å². The van der Waals surface area contributed by atoms with Crippen LogP contribution in [0.25, 0.3) is 4.90 Å². The summed E-state index contributed by atoms with van der Waals surface area (Å²) in [5.41, 5.74) is 0. The molecule has 0 bridgehead atoms. The molecule has 1 aliphatic heterocycles. The fourth-order valence-corrected chi connectivity index (χ4v) is 4.22. The predicted octanol–water partition coefficient (Wildman–Crippen LogP) is 2.40. The van der Waals surface area contributed by atoms with Gasteiger partial charge in [-0.15, -0.1) is 0 Å². The Morgan fingerprint density at radius 1 is 1.38 bits per heavy atom. The van der Waals surface area contributed by atoms with E-state index in [1.165, 1.54) is 6.07 Å². The number of morpholine rings is 1. The first-order valence-electron chi connectivity index (χ1n) is 7.21. The molecule has 1 N–H and O–H groups in total. The average Bonchev–Trinajstić information content (AvgIpc) is 3.06. The molecule has 0 aliphatic carbocycles. The molecule has 2 heterocycles. The molecule has 2 aromatic rings. The molecule has 9 heteroatoms. The molecule has 3 rings (SSSR count). The molecule has 0 amide bonds. The van der Waals surface area contributed by atoms with Crippen molar-refractivity contribution >= 4 is 21.6 Å². The van der Waals surface area contributed by atoms with Crippen LogP contribution in [0.15, 0.2) is 23.7 Å².